The second-order valence-electron chi connectivity index (χ2n) is 4.44. The van der Waals surface area contributed by atoms with E-state index < -0.39 is 0 Å². The topological polar surface area (TPSA) is 20.3 Å². The molecule has 2 nitrogen and oxygen atoms in total. The normalized spacial score (nSPS) is 10.4. The van der Waals surface area contributed by atoms with Crippen LogP contribution < -0.4 is 4.90 Å². The van der Waals surface area contributed by atoms with Gasteiger partial charge < -0.3 is 4.90 Å². The number of anilines is 1. The quantitative estimate of drug-likeness (QED) is 0.579. The van der Waals surface area contributed by atoms with E-state index in [4.69, 9.17) is 11.6 Å². The molecule has 0 atom stereocenters. The zero-order chi connectivity index (χ0) is 12.8. The maximum Gasteiger partial charge on any atom is 0.226 e. The van der Waals surface area contributed by atoms with E-state index in [1.807, 2.05) is 33.0 Å². The molecule has 1 amide bonds. The number of rotatable bonds is 5. The van der Waals surface area contributed by atoms with Gasteiger partial charge in [0, 0.05) is 25.0 Å². The lowest BCUT2D eigenvalue weighted by atomic mass is 10.1. The predicted octanol–water partition coefficient (Wildman–Crippen LogP) is 3.68. The molecule has 3 heteroatoms. The van der Waals surface area contributed by atoms with Crippen molar-refractivity contribution in [1.29, 1.82) is 0 Å². The molecule has 0 unspecified atom stereocenters. The number of hydrogen-bond acceptors (Lipinski definition) is 1. The summed E-state index contributed by atoms with van der Waals surface area (Å²) in [4.78, 5) is 13.7. The number of aryl methyl sites for hydroxylation is 2. The molecule has 1 rings (SSSR count). The first-order valence-corrected chi connectivity index (χ1v) is 6.49. The van der Waals surface area contributed by atoms with Gasteiger partial charge >= 0.3 is 0 Å². The molecule has 0 saturated heterocycles. The fourth-order valence-corrected chi connectivity index (χ4v) is 2.02. The molecule has 0 saturated carbocycles. The van der Waals surface area contributed by atoms with E-state index in [1.54, 1.807) is 4.90 Å². The number of nitrogens with zero attached hydrogens (tertiary/aromatic N) is 1. The molecule has 1 aromatic rings. The van der Waals surface area contributed by atoms with Gasteiger partial charge in [-0.25, -0.2) is 0 Å². The molecule has 0 N–H and O–H groups in total. The van der Waals surface area contributed by atoms with Crippen molar-refractivity contribution < 1.29 is 4.79 Å². The van der Waals surface area contributed by atoms with E-state index in [0.717, 1.165) is 18.5 Å². The average molecular weight is 254 g/mol. The molecule has 0 spiro atoms. The summed E-state index contributed by atoms with van der Waals surface area (Å²) in [7, 11) is 1.83. The van der Waals surface area contributed by atoms with Crippen molar-refractivity contribution in [3.05, 3.63) is 29.3 Å². The third kappa shape index (κ3) is 4.39. The third-order valence-corrected chi connectivity index (χ3v) is 3.01. The summed E-state index contributed by atoms with van der Waals surface area (Å²) in [5, 5.41) is 0. The first-order valence-electron chi connectivity index (χ1n) is 5.95. The monoisotopic (exact) mass is 253 g/mol. The van der Waals surface area contributed by atoms with Gasteiger partial charge in [-0.2, -0.15) is 0 Å². The number of carbonyl (C=O) groups is 1. The van der Waals surface area contributed by atoms with Gasteiger partial charge in [0.2, 0.25) is 5.91 Å². The van der Waals surface area contributed by atoms with Crippen molar-refractivity contribution >= 4 is 23.2 Å². The SMILES string of the molecule is Cc1cc(C)cc(N(C)C(=O)CCCCCl)c1. The van der Waals surface area contributed by atoms with Gasteiger partial charge in [-0.15, -0.1) is 11.6 Å². The Kier molecular flexibility index (Phi) is 5.49. The molecule has 1 aromatic carbocycles. The first-order chi connectivity index (χ1) is 8.04. The van der Waals surface area contributed by atoms with Gasteiger partial charge in [-0.05, 0) is 49.9 Å². The van der Waals surface area contributed by atoms with Crippen LogP contribution in [0.5, 0.6) is 0 Å². The summed E-state index contributed by atoms with van der Waals surface area (Å²) in [6.07, 6.45) is 2.32. The summed E-state index contributed by atoms with van der Waals surface area (Å²) >= 11 is 5.60. The number of carbonyl (C=O) groups excluding carboxylic acids is 1. The number of unbranched alkanes of at least 4 members (excludes halogenated alkanes) is 1. The largest absolute Gasteiger partial charge is 0.315 e. The molecule has 0 fully saturated rings. The number of hydrogen-bond donors (Lipinski definition) is 0. The number of alkyl halides is 1. The zero-order valence-corrected chi connectivity index (χ0v) is 11.5. The van der Waals surface area contributed by atoms with Crippen molar-refractivity contribution in [1.82, 2.24) is 0 Å². The van der Waals surface area contributed by atoms with E-state index in [1.165, 1.54) is 11.1 Å². The van der Waals surface area contributed by atoms with Crippen LogP contribution in [0, 0.1) is 13.8 Å². The van der Waals surface area contributed by atoms with E-state index in [2.05, 4.69) is 6.07 Å². The third-order valence-electron chi connectivity index (χ3n) is 2.74. The fourth-order valence-electron chi connectivity index (χ4n) is 1.83. The highest BCUT2D eigenvalue weighted by Crippen LogP contribution is 2.18. The highest BCUT2D eigenvalue weighted by Gasteiger charge is 2.10. The molecular weight excluding hydrogens is 234 g/mol. The summed E-state index contributed by atoms with van der Waals surface area (Å²) in [6.45, 7) is 4.09. The molecule has 0 aromatic heterocycles. The fraction of sp³-hybridized carbons (Fsp3) is 0.500. The Labute approximate surface area is 109 Å². The van der Waals surface area contributed by atoms with Crippen molar-refractivity contribution in [2.75, 3.05) is 17.8 Å². The highest BCUT2D eigenvalue weighted by atomic mass is 35.5. The Balaban J connectivity index is 2.67. The van der Waals surface area contributed by atoms with Crippen LogP contribution >= 0.6 is 11.6 Å². The molecule has 0 radical (unpaired) electrons. The van der Waals surface area contributed by atoms with Crippen LogP contribution in [0.2, 0.25) is 0 Å². The van der Waals surface area contributed by atoms with E-state index >= 15 is 0 Å². The van der Waals surface area contributed by atoms with Gasteiger partial charge in [0.15, 0.2) is 0 Å². The van der Waals surface area contributed by atoms with Gasteiger partial charge in [0.25, 0.3) is 0 Å². The summed E-state index contributed by atoms with van der Waals surface area (Å²) in [6, 6.07) is 6.17. The van der Waals surface area contributed by atoms with Crippen molar-refractivity contribution in [3.8, 4) is 0 Å². The zero-order valence-electron chi connectivity index (χ0n) is 10.8. The smallest absolute Gasteiger partial charge is 0.226 e. The second kappa shape index (κ2) is 6.65. The molecule has 0 aliphatic heterocycles. The molecule has 0 aliphatic rings. The predicted molar refractivity (Wildman–Crippen MR) is 73.9 cm³/mol. The number of benzene rings is 1. The van der Waals surface area contributed by atoms with Crippen LogP contribution in [0.25, 0.3) is 0 Å². The van der Waals surface area contributed by atoms with Gasteiger partial charge in [0.05, 0.1) is 0 Å². The Morgan fingerprint density at radius 3 is 2.29 bits per heavy atom. The molecule has 0 heterocycles. The number of halogens is 1. The van der Waals surface area contributed by atoms with Crippen LogP contribution in [-0.4, -0.2) is 18.8 Å². The molecule has 94 valence electrons. The van der Waals surface area contributed by atoms with Crippen LogP contribution in [-0.2, 0) is 4.79 Å². The van der Waals surface area contributed by atoms with E-state index in [0.29, 0.717) is 12.3 Å². The first kappa shape index (κ1) is 14.0. The Morgan fingerprint density at radius 2 is 1.76 bits per heavy atom. The minimum absolute atomic E-state index is 0.153. The lowest BCUT2D eigenvalue weighted by Gasteiger charge is -2.18. The van der Waals surface area contributed by atoms with Gasteiger partial charge in [-0.3, -0.25) is 4.79 Å². The van der Waals surface area contributed by atoms with Crippen molar-refractivity contribution in [3.63, 3.8) is 0 Å². The van der Waals surface area contributed by atoms with E-state index in [-0.39, 0.29) is 5.91 Å². The van der Waals surface area contributed by atoms with Gasteiger partial charge in [0.1, 0.15) is 0 Å². The standard InChI is InChI=1S/C14H20ClNO/c1-11-8-12(2)10-13(9-11)16(3)14(17)6-4-5-7-15/h8-10H,4-7H2,1-3H3. The van der Waals surface area contributed by atoms with Gasteiger partial charge in [-0.1, -0.05) is 6.07 Å². The minimum atomic E-state index is 0.153. The second-order valence-corrected chi connectivity index (χ2v) is 4.82. The van der Waals surface area contributed by atoms with Crippen molar-refractivity contribution in [2.24, 2.45) is 0 Å². The average Bonchev–Trinajstić information content (AvgIpc) is 2.27. The Hall–Kier alpha value is -1.02. The summed E-state index contributed by atoms with van der Waals surface area (Å²) in [5.41, 5.74) is 3.33. The highest BCUT2D eigenvalue weighted by molar-refractivity contribution is 6.17. The van der Waals surface area contributed by atoms with E-state index in [9.17, 15) is 4.79 Å². The van der Waals surface area contributed by atoms with Crippen LogP contribution in [0.3, 0.4) is 0 Å². The summed E-state index contributed by atoms with van der Waals surface area (Å²) < 4.78 is 0. The lowest BCUT2D eigenvalue weighted by Crippen LogP contribution is -2.26. The molecule has 17 heavy (non-hydrogen) atoms. The minimum Gasteiger partial charge on any atom is -0.315 e. The lowest BCUT2D eigenvalue weighted by molar-refractivity contribution is -0.118. The molecular formula is C14H20ClNO. The Morgan fingerprint density at radius 1 is 1.18 bits per heavy atom. The summed E-state index contributed by atoms with van der Waals surface area (Å²) in [5.74, 6) is 0.778. The van der Waals surface area contributed by atoms with Crippen molar-refractivity contribution in [2.45, 2.75) is 33.1 Å². The van der Waals surface area contributed by atoms with Crippen LogP contribution in [0.4, 0.5) is 5.69 Å². The van der Waals surface area contributed by atoms with Crippen LogP contribution in [0.15, 0.2) is 18.2 Å². The maximum atomic E-state index is 11.9. The number of amides is 1. The molecule has 0 bridgehead atoms. The Bertz CT molecular complexity index is 370. The molecule has 0 aliphatic carbocycles. The maximum absolute atomic E-state index is 11.9. The van der Waals surface area contributed by atoms with Crippen LogP contribution in [0.1, 0.15) is 30.4 Å².